The van der Waals surface area contributed by atoms with Gasteiger partial charge in [0.05, 0.1) is 22.3 Å². The third-order valence-corrected chi connectivity index (χ3v) is 5.87. The number of aryl methyl sites for hydroxylation is 2. The van der Waals surface area contributed by atoms with Crippen LogP contribution >= 0.6 is 0 Å². The van der Waals surface area contributed by atoms with Crippen LogP contribution in [0.15, 0.2) is 47.7 Å². The number of allylic oxidation sites excluding steroid dienone is 1. The summed E-state index contributed by atoms with van der Waals surface area (Å²) in [5, 5.41) is 18.1. The number of nitro benzene ring substituents is 1. The fourth-order valence-corrected chi connectivity index (χ4v) is 4.25. The number of carbonyl (C=O) groups is 1. The molecule has 1 atom stereocenters. The van der Waals surface area contributed by atoms with E-state index in [0.717, 1.165) is 40.2 Å². The zero-order chi connectivity index (χ0) is 20.9. The fraction of sp³-hybridized carbons (Fsp3) is 0.348. The van der Waals surface area contributed by atoms with Crippen molar-refractivity contribution < 1.29 is 9.72 Å². The zero-order valence-corrected chi connectivity index (χ0v) is 17.1. The number of anilines is 2. The summed E-state index contributed by atoms with van der Waals surface area (Å²) in [5.74, 6) is 0.112. The smallest absolute Gasteiger partial charge is 0.269 e. The van der Waals surface area contributed by atoms with Crippen LogP contribution in [0.4, 0.5) is 17.1 Å². The lowest BCUT2D eigenvalue weighted by Crippen LogP contribution is -2.31. The fourth-order valence-electron chi connectivity index (χ4n) is 4.25. The van der Waals surface area contributed by atoms with Gasteiger partial charge in [0.25, 0.3) is 5.69 Å². The highest BCUT2D eigenvalue weighted by molar-refractivity contribution is 6.01. The Morgan fingerprint density at radius 2 is 1.66 bits per heavy atom. The molecule has 0 amide bonds. The Bertz CT molecular complexity index is 1050. The minimum atomic E-state index is -0.410. The molecule has 6 nitrogen and oxygen atoms in total. The summed E-state index contributed by atoms with van der Waals surface area (Å²) in [6.07, 6.45) is 1.25. The van der Waals surface area contributed by atoms with Crippen molar-refractivity contribution in [1.82, 2.24) is 0 Å². The molecule has 29 heavy (non-hydrogen) atoms. The van der Waals surface area contributed by atoms with Gasteiger partial charge in [-0.3, -0.25) is 14.9 Å². The molecule has 1 heterocycles. The highest BCUT2D eigenvalue weighted by atomic mass is 16.6. The van der Waals surface area contributed by atoms with Crippen LogP contribution in [0.5, 0.6) is 0 Å². The molecule has 0 radical (unpaired) electrons. The van der Waals surface area contributed by atoms with Crippen LogP contribution in [0, 0.1) is 29.4 Å². The molecule has 4 rings (SSSR count). The van der Waals surface area contributed by atoms with Gasteiger partial charge in [0.2, 0.25) is 0 Å². The molecule has 2 aliphatic rings. The number of nitro groups is 1. The maximum atomic E-state index is 13.2. The molecule has 0 saturated carbocycles. The van der Waals surface area contributed by atoms with Crippen LogP contribution in [0.2, 0.25) is 0 Å². The molecule has 0 unspecified atom stereocenters. The predicted octanol–water partition coefficient (Wildman–Crippen LogP) is 5.43. The Kier molecular flexibility index (Phi) is 4.45. The number of ketones is 1. The number of non-ortho nitro benzene ring substituents is 1. The van der Waals surface area contributed by atoms with E-state index in [-0.39, 0.29) is 22.9 Å². The average molecular weight is 391 g/mol. The number of nitrogens with one attached hydrogen (secondary N) is 2. The molecule has 6 heteroatoms. The average Bonchev–Trinajstić information content (AvgIpc) is 2.78. The van der Waals surface area contributed by atoms with E-state index in [0.29, 0.717) is 6.42 Å². The van der Waals surface area contributed by atoms with E-state index in [2.05, 4.69) is 50.5 Å². The summed E-state index contributed by atoms with van der Waals surface area (Å²) in [4.78, 5) is 23.8. The van der Waals surface area contributed by atoms with Crippen LogP contribution in [0.1, 0.15) is 49.4 Å². The SMILES string of the molecule is Cc1cc2c(cc1C)N[C@@H](c1ccc([N+](=O)[O-])cc1)C1=C(CC(C)(C)CC1=O)N2. The van der Waals surface area contributed by atoms with Gasteiger partial charge < -0.3 is 10.6 Å². The molecule has 0 saturated heterocycles. The summed E-state index contributed by atoms with van der Waals surface area (Å²) in [5.41, 5.74) is 6.64. The molecule has 0 spiro atoms. The number of fused-ring (bicyclic) bond motifs is 1. The largest absolute Gasteiger partial charge is 0.372 e. The van der Waals surface area contributed by atoms with Crippen molar-refractivity contribution in [3.63, 3.8) is 0 Å². The van der Waals surface area contributed by atoms with Crippen molar-refractivity contribution in [1.29, 1.82) is 0 Å². The first-order valence-electron chi connectivity index (χ1n) is 9.80. The van der Waals surface area contributed by atoms with Gasteiger partial charge in [-0.15, -0.1) is 0 Å². The molecule has 0 bridgehead atoms. The summed E-state index contributed by atoms with van der Waals surface area (Å²) in [6, 6.07) is 10.3. The van der Waals surface area contributed by atoms with E-state index in [4.69, 9.17) is 0 Å². The molecule has 1 aliphatic heterocycles. The highest BCUT2D eigenvalue weighted by Crippen LogP contribution is 2.46. The second-order valence-electron chi connectivity index (χ2n) is 8.87. The molecule has 2 aromatic rings. The number of nitrogens with zero attached hydrogens (tertiary/aromatic N) is 1. The Labute approximate surface area is 170 Å². The minimum Gasteiger partial charge on any atom is -0.372 e. The van der Waals surface area contributed by atoms with Gasteiger partial charge in [-0.05, 0) is 66.6 Å². The van der Waals surface area contributed by atoms with Crippen molar-refractivity contribution in [2.75, 3.05) is 10.6 Å². The van der Waals surface area contributed by atoms with E-state index in [1.807, 2.05) is 0 Å². The Balaban J connectivity index is 1.87. The first-order valence-corrected chi connectivity index (χ1v) is 9.80. The van der Waals surface area contributed by atoms with E-state index in [9.17, 15) is 14.9 Å². The number of carbonyl (C=O) groups excluding carboxylic acids is 1. The topological polar surface area (TPSA) is 84.3 Å². The lowest BCUT2D eigenvalue weighted by Gasteiger charge is -2.34. The van der Waals surface area contributed by atoms with E-state index in [1.54, 1.807) is 12.1 Å². The van der Waals surface area contributed by atoms with Gasteiger partial charge in [-0.2, -0.15) is 0 Å². The molecule has 150 valence electrons. The van der Waals surface area contributed by atoms with Gasteiger partial charge in [-0.25, -0.2) is 0 Å². The quantitative estimate of drug-likeness (QED) is 0.526. The maximum Gasteiger partial charge on any atom is 0.269 e. The summed E-state index contributed by atoms with van der Waals surface area (Å²) < 4.78 is 0. The van der Waals surface area contributed by atoms with Gasteiger partial charge >= 0.3 is 0 Å². The van der Waals surface area contributed by atoms with Crippen molar-refractivity contribution in [3.05, 3.63) is 74.5 Å². The third kappa shape index (κ3) is 3.50. The van der Waals surface area contributed by atoms with Gasteiger partial charge in [0.1, 0.15) is 0 Å². The number of Topliss-reactive ketones (excluding diaryl/α,β-unsaturated/α-hetero) is 1. The zero-order valence-electron chi connectivity index (χ0n) is 17.1. The number of hydrogen-bond donors (Lipinski definition) is 2. The Morgan fingerprint density at radius 3 is 2.28 bits per heavy atom. The van der Waals surface area contributed by atoms with Gasteiger partial charge in [-0.1, -0.05) is 13.8 Å². The van der Waals surface area contributed by atoms with Crippen LogP contribution < -0.4 is 10.6 Å². The van der Waals surface area contributed by atoms with Crippen LogP contribution in [0.25, 0.3) is 0 Å². The molecule has 1 aliphatic carbocycles. The van der Waals surface area contributed by atoms with Crippen molar-refractivity contribution in [3.8, 4) is 0 Å². The first kappa shape index (κ1) is 19.2. The van der Waals surface area contributed by atoms with Crippen LogP contribution in [0.3, 0.4) is 0 Å². The second kappa shape index (κ2) is 6.72. The third-order valence-electron chi connectivity index (χ3n) is 5.87. The monoisotopic (exact) mass is 391 g/mol. The number of benzene rings is 2. The van der Waals surface area contributed by atoms with E-state index >= 15 is 0 Å². The lowest BCUT2D eigenvalue weighted by molar-refractivity contribution is -0.384. The minimum absolute atomic E-state index is 0.0395. The number of hydrogen-bond acceptors (Lipinski definition) is 5. The number of rotatable bonds is 2. The van der Waals surface area contributed by atoms with Gasteiger partial charge in [0.15, 0.2) is 5.78 Å². The lowest BCUT2D eigenvalue weighted by atomic mass is 9.73. The molecular formula is C23H25N3O3. The molecule has 2 N–H and O–H groups in total. The van der Waals surface area contributed by atoms with Crippen molar-refractivity contribution in [2.45, 2.75) is 46.6 Å². The normalized spacial score (nSPS) is 20.1. The maximum absolute atomic E-state index is 13.2. The van der Waals surface area contributed by atoms with E-state index in [1.165, 1.54) is 17.7 Å². The standard InChI is InChI=1S/C23H25N3O3/c1-13-9-17-18(10-14(13)2)25-22(15-5-7-16(8-6-15)26(28)29)21-19(24-17)11-23(3,4)12-20(21)27/h5-10,22,24-25H,11-12H2,1-4H3/t22-/m0/s1. The molecular weight excluding hydrogens is 366 g/mol. The first-order chi connectivity index (χ1) is 13.6. The molecule has 2 aromatic carbocycles. The molecule has 0 fully saturated rings. The van der Waals surface area contributed by atoms with Crippen molar-refractivity contribution in [2.24, 2.45) is 5.41 Å². The highest BCUT2D eigenvalue weighted by Gasteiger charge is 2.38. The van der Waals surface area contributed by atoms with Crippen molar-refractivity contribution >= 4 is 22.8 Å². The predicted molar refractivity (Wildman–Crippen MR) is 114 cm³/mol. The summed E-state index contributed by atoms with van der Waals surface area (Å²) in [6.45, 7) is 8.35. The van der Waals surface area contributed by atoms with E-state index < -0.39 is 4.92 Å². The Hall–Kier alpha value is -3.15. The molecule has 0 aromatic heterocycles. The van der Waals surface area contributed by atoms with Crippen LogP contribution in [-0.4, -0.2) is 10.7 Å². The summed E-state index contributed by atoms with van der Waals surface area (Å²) in [7, 11) is 0. The van der Waals surface area contributed by atoms with Crippen LogP contribution in [-0.2, 0) is 4.79 Å². The van der Waals surface area contributed by atoms with Gasteiger partial charge in [0, 0.05) is 29.8 Å². The second-order valence-corrected chi connectivity index (χ2v) is 8.87. The summed E-state index contributed by atoms with van der Waals surface area (Å²) >= 11 is 0. The Morgan fingerprint density at radius 1 is 1.03 bits per heavy atom.